The van der Waals surface area contributed by atoms with Gasteiger partial charge in [-0.3, -0.25) is 4.68 Å². The van der Waals surface area contributed by atoms with Gasteiger partial charge in [0.05, 0.1) is 18.3 Å². The highest BCUT2D eigenvalue weighted by molar-refractivity contribution is 7.99. The van der Waals surface area contributed by atoms with Crippen molar-refractivity contribution in [2.45, 2.75) is 24.7 Å². The minimum atomic E-state index is -0.521. The first-order valence-corrected chi connectivity index (χ1v) is 7.84. The van der Waals surface area contributed by atoms with E-state index in [1.807, 2.05) is 43.5 Å². The Morgan fingerprint density at radius 3 is 3.00 bits per heavy atom. The Morgan fingerprint density at radius 2 is 2.23 bits per heavy atom. The molecule has 0 aliphatic carbocycles. The van der Waals surface area contributed by atoms with E-state index in [1.54, 1.807) is 15.6 Å². The molecule has 0 unspecified atom stereocenters. The van der Waals surface area contributed by atoms with E-state index in [0.717, 1.165) is 11.3 Å². The van der Waals surface area contributed by atoms with E-state index in [1.165, 1.54) is 11.8 Å². The molecule has 114 valence electrons. The van der Waals surface area contributed by atoms with Crippen molar-refractivity contribution in [2.75, 3.05) is 5.75 Å². The number of aliphatic hydroxyl groups excluding tert-OH is 1. The van der Waals surface area contributed by atoms with Gasteiger partial charge in [0.25, 0.3) is 0 Å². The highest BCUT2D eigenvalue weighted by Gasteiger charge is 2.12. The monoisotopic (exact) mass is 316 g/mol. The first-order valence-electron chi connectivity index (χ1n) is 6.86. The normalized spacial score (nSPS) is 12.5. The predicted molar refractivity (Wildman–Crippen MR) is 82.8 cm³/mol. The van der Waals surface area contributed by atoms with Crippen molar-refractivity contribution in [3.05, 3.63) is 48.3 Å². The minimum absolute atomic E-state index is 0.450. The number of aromatic nitrogens is 6. The van der Waals surface area contributed by atoms with E-state index in [0.29, 0.717) is 17.5 Å². The Hall–Kier alpha value is -2.19. The number of benzene rings is 1. The average Bonchev–Trinajstić information content (AvgIpc) is 3.16. The highest BCUT2D eigenvalue weighted by atomic mass is 32.2. The molecule has 0 saturated heterocycles. The Morgan fingerprint density at radius 1 is 1.32 bits per heavy atom. The van der Waals surface area contributed by atoms with Gasteiger partial charge < -0.3 is 5.11 Å². The van der Waals surface area contributed by atoms with Crippen LogP contribution in [0.2, 0.25) is 0 Å². The van der Waals surface area contributed by atoms with E-state index < -0.39 is 6.10 Å². The van der Waals surface area contributed by atoms with Gasteiger partial charge in [0.1, 0.15) is 0 Å². The third-order valence-electron chi connectivity index (χ3n) is 3.05. The summed E-state index contributed by atoms with van der Waals surface area (Å²) in [6.45, 7) is 2.47. The second kappa shape index (κ2) is 6.71. The maximum Gasteiger partial charge on any atom is 0.214 e. The molecule has 0 bridgehead atoms. The lowest BCUT2D eigenvalue weighted by Gasteiger charge is -2.10. The summed E-state index contributed by atoms with van der Waals surface area (Å²) in [6, 6.07) is 9.79. The highest BCUT2D eigenvalue weighted by Crippen LogP contribution is 2.19. The number of tetrazole rings is 1. The van der Waals surface area contributed by atoms with Crippen molar-refractivity contribution >= 4 is 11.8 Å². The molecule has 0 spiro atoms. The number of hydrogen-bond acceptors (Lipinski definition) is 6. The summed E-state index contributed by atoms with van der Waals surface area (Å²) in [5.74, 6) is 0.492. The van der Waals surface area contributed by atoms with Crippen LogP contribution in [-0.4, -0.2) is 47.0 Å². The van der Waals surface area contributed by atoms with Crippen LogP contribution in [-0.2, 0) is 6.54 Å². The molecule has 2 heterocycles. The quantitative estimate of drug-likeness (QED) is 0.691. The molecule has 0 amide bonds. The molecule has 8 heteroatoms. The fraction of sp³-hybridized carbons (Fsp3) is 0.286. The third kappa shape index (κ3) is 3.52. The average molecular weight is 316 g/mol. The van der Waals surface area contributed by atoms with Crippen LogP contribution in [0.3, 0.4) is 0 Å². The fourth-order valence-corrected chi connectivity index (χ4v) is 2.84. The predicted octanol–water partition coefficient (Wildman–Crippen LogP) is 1.32. The van der Waals surface area contributed by atoms with Crippen LogP contribution in [0.5, 0.6) is 0 Å². The zero-order valence-electron chi connectivity index (χ0n) is 12.1. The lowest BCUT2D eigenvalue weighted by molar-refractivity contribution is 0.173. The molecule has 1 N–H and O–H groups in total. The molecule has 3 aromatic rings. The summed E-state index contributed by atoms with van der Waals surface area (Å²) in [4.78, 5) is 0. The molecule has 0 aliphatic heterocycles. The van der Waals surface area contributed by atoms with Crippen LogP contribution in [0.15, 0.2) is 47.9 Å². The number of nitrogens with zero attached hydrogens (tertiary/aromatic N) is 6. The first kappa shape index (κ1) is 14.7. The van der Waals surface area contributed by atoms with E-state index in [9.17, 15) is 5.11 Å². The summed E-state index contributed by atoms with van der Waals surface area (Å²) in [5, 5.41) is 26.6. The smallest absolute Gasteiger partial charge is 0.214 e. The van der Waals surface area contributed by atoms with Gasteiger partial charge in [-0.25, -0.2) is 0 Å². The summed E-state index contributed by atoms with van der Waals surface area (Å²) in [6.07, 6.45) is 3.00. The Kier molecular flexibility index (Phi) is 4.50. The largest absolute Gasteiger partial charge is 0.390 e. The standard InChI is InChI=1S/C14H16N6OS/c1-11-4-2-5-12(8-11)20-14(16-17-18-20)22-10-13(21)9-19-7-3-6-15-19/h2-8,13,21H,9-10H2,1H3/t13-/m1/s1. The van der Waals surface area contributed by atoms with Gasteiger partial charge in [-0.2, -0.15) is 9.78 Å². The summed E-state index contributed by atoms with van der Waals surface area (Å²) >= 11 is 1.42. The molecule has 7 nitrogen and oxygen atoms in total. The van der Waals surface area contributed by atoms with E-state index in [4.69, 9.17) is 0 Å². The van der Waals surface area contributed by atoms with E-state index in [2.05, 4.69) is 20.6 Å². The van der Waals surface area contributed by atoms with Gasteiger partial charge in [0.15, 0.2) is 0 Å². The Bertz CT molecular complexity index is 727. The summed E-state index contributed by atoms with van der Waals surface area (Å²) in [5.41, 5.74) is 2.05. The maximum atomic E-state index is 10.1. The lowest BCUT2D eigenvalue weighted by atomic mass is 10.2. The fourth-order valence-electron chi connectivity index (χ4n) is 2.04. The van der Waals surface area contributed by atoms with Crippen molar-refractivity contribution in [1.29, 1.82) is 0 Å². The molecular weight excluding hydrogens is 300 g/mol. The molecule has 0 saturated carbocycles. The number of aryl methyl sites for hydroxylation is 1. The number of rotatable bonds is 6. The van der Waals surface area contributed by atoms with Gasteiger partial charge >= 0.3 is 0 Å². The van der Waals surface area contributed by atoms with E-state index >= 15 is 0 Å². The number of thioether (sulfide) groups is 1. The van der Waals surface area contributed by atoms with Crippen molar-refractivity contribution in [1.82, 2.24) is 30.0 Å². The molecular formula is C14H16N6OS. The molecule has 0 aliphatic rings. The zero-order valence-corrected chi connectivity index (χ0v) is 12.9. The van der Waals surface area contributed by atoms with Crippen molar-refractivity contribution in [2.24, 2.45) is 0 Å². The van der Waals surface area contributed by atoms with Crippen LogP contribution in [0.4, 0.5) is 0 Å². The van der Waals surface area contributed by atoms with Gasteiger partial charge in [0.2, 0.25) is 5.16 Å². The number of aliphatic hydroxyl groups is 1. The van der Waals surface area contributed by atoms with Crippen LogP contribution in [0, 0.1) is 6.92 Å². The molecule has 0 radical (unpaired) electrons. The topological polar surface area (TPSA) is 81.6 Å². The Labute approximate surface area is 132 Å². The van der Waals surface area contributed by atoms with Gasteiger partial charge in [-0.15, -0.1) is 5.10 Å². The Balaban J connectivity index is 1.65. The molecule has 1 atom stereocenters. The van der Waals surface area contributed by atoms with Gasteiger partial charge in [0, 0.05) is 18.1 Å². The minimum Gasteiger partial charge on any atom is -0.390 e. The third-order valence-corrected chi connectivity index (χ3v) is 4.11. The lowest BCUT2D eigenvalue weighted by Crippen LogP contribution is -2.19. The summed E-state index contributed by atoms with van der Waals surface area (Å²) in [7, 11) is 0. The van der Waals surface area contributed by atoms with Crippen LogP contribution >= 0.6 is 11.8 Å². The van der Waals surface area contributed by atoms with Crippen LogP contribution in [0.1, 0.15) is 5.56 Å². The van der Waals surface area contributed by atoms with Crippen molar-refractivity contribution in [3.8, 4) is 5.69 Å². The van der Waals surface area contributed by atoms with Crippen molar-refractivity contribution in [3.63, 3.8) is 0 Å². The van der Waals surface area contributed by atoms with Crippen molar-refractivity contribution < 1.29 is 5.11 Å². The molecule has 22 heavy (non-hydrogen) atoms. The summed E-state index contributed by atoms with van der Waals surface area (Å²) < 4.78 is 3.38. The maximum absolute atomic E-state index is 10.1. The SMILES string of the molecule is Cc1cccc(-n2nnnc2SC[C@H](O)Cn2cccn2)c1. The first-order chi connectivity index (χ1) is 10.7. The second-order valence-corrected chi connectivity index (χ2v) is 5.89. The molecule has 0 fully saturated rings. The van der Waals surface area contributed by atoms with Crippen LogP contribution < -0.4 is 0 Å². The molecule has 1 aromatic carbocycles. The molecule has 3 rings (SSSR count). The van der Waals surface area contributed by atoms with E-state index in [-0.39, 0.29) is 0 Å². The molecule has 2 aromatic heterocycles. The van der Waals surface area contributed by atoms with Gasteiger partial charge in [-0.1, -0.05) is 23.9 Å². The number of hydrogen-bond donors (Lipinski definition) is 1. The van der Waals surface area contributed by atoms with Crippen LogP contribution in [0.25, 0.3) is 5.69 Å². The van der Waals surface area contributed by atoms with Gasteiger partial charge in [-0.05, 0) is 41.1 Å². The zero-order chi connectivity index (χ0) is 15.4. The second-order valence-electron chi connectivity index (χ2n) is 4.91.